The number of imide groups is 2. The van der Waals surface area contributed by atoms with Crippen LogP contribution in [-0.2, 0) is 19.9 Å². The predicted octanol–water partition coefficient (Wildman–Crippen LogP) is 4.26. The number of piperidine rings is 1. The summed E-state index contributed by atoms with van der Waals surface area (Å²) in [5.74, 6) is -2.40. The lowest BCUT2D eigenvalue weighted by Crippen LogP contribution is -2.54. The molecule has 4 heterocycles. The fourth-order valence-corrected chi connectivity index (χ4v) is 6.79. The minimum Gasteiger partial charge on any atom is -0.373 e. The van der Waals surface area contributed by atoms with Crippen molar-refractivity contribution in [3.8, 4) is 0 Å². The van der Waals surface area contributed by atoms with Crippen LogP contribution < -0.4 is 16.0 Å². The summed E-state index contributed by atoms with van der Waals surface area (Å²) >= 11 is 7.82. The predicted molar refractivity (Wildman–Crippen MR) is 151 cm³/mol. The van der Waals surface area contributed by atoms with E-state index in [1.807, 2.05) is 26.0 Å². The van der Waals surface area contributed by atoms with E-state index in [0.29, 0.717) is 22.3 Å². The molecule has 2 fully saturated rings. The lowest BCUT2D eigenvalue weighted by atomic mass is 10.0. The van der Waals surface area contributed by atoms with Gasteiger partial charge in [-0.3, -0.25) is 29.4 Å². The van der Waals surface area contributed by atoms with E-state index >= 15 is 0 Å². The van der Waals surface area contributed by atoms with Crippen LogP contribution in [0.25, 0.3) is 10.2 Å². The molecule has 13 heteroatoms. The van der Waals surface area contributed by atoms with Gasteiger partial charge in [0.15, 0.2) is 0 Å². The van der Waals surface area contributed by atoms with Gasteiger partial charge in [-0.15, -0.1) is 11.3 Å². The number of amides is 6. The average molecular weight is 596 g/mol. The number of urea groups is 1. The lowest BCUT2D eigenvalue weighted by Gasteiger charge is -2.27. The molecule has 6 amide bonds. The molecule has 3 N–H and O–H groups in total. The van der Waals surface area contributed by atoms with Gasteiger partial charge < -0.3 is 15.4 Å². The van der Waals surface area contributed by atoms with Crippen LogP contribution in [0.5, 0.6) is 0 Å². The standard InChI is InChI=1S/C28H26ClN5O6S/c1-28(2,26-32-22-17(19-4-3-9-40-19)10-13(29)11-20(22)41-26)33-27(39)30-14-5-6-15-16(12-14)25(38)34(24(15)37)18-7-8-21(35)31-23(18)36/h5-6,10-12,18-19H,3-4,7-9H2,1-2H3,(H2,30,33,39)(H,31,35,36)/t18?,19-/m1/s1. The zero-order valence-corrected chi connectivity index (χ0v) is 23.8. The van der Waals surface area contributed by atoms with E-state index in [1.165, 1.54) is 29.5 Å². The van der Waals surface area contributed by atoms with Gasteiger partial charge in [0.2, 0.25) is 11.8 Å². The van der Waals surface area contributed by atoms with Gasteiger partial charge in [-0.2, -0.15) is 0 Å². The van der Waals surface area contributed by atoms with E-state index in [2.05, 4.69) is 16.0 Å². The first-order chi connectivity index (χ1) is 19.5. The number of hydrogen-bond donors (Lipinski definition) is 3. The molecule has 2 saturated heterocycles. The second-order valence-corrected chi connectivity index (χ2v) is 12.2. The zero-order valence-electron chi connectivity index (χ0n) is 22.2. The summed E-state index contributed by atoms with van der Waals surface area (Å²) in [5, 5.41) is 9.10. The first-order valence-electron chi connectivity index (χ1n) is 13.2. The van der Waals surface area contributed by atoms with Crippen LogP contribution in [0.1, 0.15) is 76.9 Å². The second kappa shape index (κ2) is 10.2. The maximum absolute atomic E-state index is 13.1. The van der Waals surface area contributed by atoms with E-state index in [4.69, 9.17) is 21.3 Å². The van der Waals surface area contributed by atoms with Crippen molar-refractivity contribution in [2.45, 2.75) is 57.2 Å². The highest BCUT2D eigenvalue weighted by Crippen LogP contribution is 2.39. The maximum Gasteiger partial charge on any atom is 0.319 e. The number of halogens is 1. The van der Waals surface area contributed by atoms with E-state index in [0.717, 1.165) is 33.5 Å². The molecule has 0 spiro atoms. The monoisotopic (exact) mass is 595 g/mol. The van der Waals surface area contributed by atoms with Crippen molar-refractivity contribution in [2.75, 3.05) is 11.9 Å². The van der Waals surface area contributed by atoms with Gasteiger partial charge >= 0.3 is 6.03 Å². The van der Waals surface area contributed by atoms with Crippen LogP contribution in [0.4, 0.5) is 10.5 Å². The van der Waals surface area contributed by atoms with Crippen molar-refractivity contribution >= 4 is 68.5 Å². The average Bonchev–Trinajstić information content (AvgIpc) is 3.64. The summed E-state index contributed by atoms with van der Waals surface area (Å²) in [6, 6.07) is 6.49. The summed E-state index contributed by atoms with van der Waals surface area (Å²) in [7, 11) is 0. The van der Waals surface area contributed by atoms with Crippen molar-refractivity contribution in [3.63, 3.8) is 0 Å². The summed E-state index contributed by atoms with van der Waals surface area (Å²) in [6.45, 7) is 4.36. The molecule has 3 aliphatic heterocycles. The van der Waals surface area contributed by atoms with E-state index in [9.17, 15) is 24.0 Å². The number of nitrogens with one attached hydrogen (secondary N) is 3. The molecule has 212 valence electrons. The van der Waals surface area contributed by atoms with Crippen molar-refractivity contribution in [2.24, 2.45) is 0 Å². The highest BCUT2D eigenvalue weighted by atomic mass is 35.5. The number of benzene rings is 2. The Morgan fingerprint density at radius 3 is 2.63 bits per heavy atom. The van der Waals surface area contributed by atoms with Crippen LogP contribution in [0.2, 0.25) is 5.02 Å². The summed E-state index contributed by atoms with van der Waals surface area (Å²) in [4.78, 5) is 68.6. The van der Waals surface area contributed by atoms with Gasteiger partial charge in [-0.05, 0) is 63.4 Å². The molecule has 3 aromatic rings. The summed E-state index contributed by atoms with van der Waals surface area (Å²) in [6.07, 6.45) is 1.90. The van der Waals surface area contributed by atoms with E-state index < -0.39 is 41.2 Å². The number of carbonyl (C=O) groups excluding carboxylic acids is 5. The maximum atomic E-state index is 13.1. The molecule has 0 radical (unpaired) electrons. The van der Waals surface area contributed by atoms with E-state index in [-0.39, 0.29) is 30.1 Å². The zero-order chi connectivity index (χ0) is 29.1. The van der Waals surface area contributed by atoms with Crippen molar-refractivity contribution in [1.82, 2.24) is 20.5 Å². The molecular weight excluding hydrogens is 570 g/mol. The number of nitrogens with zero attached hydrogens (tertiary/aromatic N) is 2. The lowest BCUT2D eigenvalue weighted by molar-refractivity contribution is -0.136. The topological polar surface area (TPSA) is 147 Å². The smallest absolute Gasteiger partial charge is 0.319 e. The highest BCUT2D eigenvalue weighted by molar-refractivity contribution is 7.18. The van der Waals surface area contributed by atoms with Crippen LogP contribution in [0, 0.1) is 0 Å². The second-order valence-electron chi connectivity index (χ2n) is 10.8. The molecule has 41 heavy (non-hydrogen) atoms. The Balaban J connectivity index is 1.18. The summed E-state index contributed by atoms with van der Waals surface area (Å²) in [5.41, 5.74) is 1.37. The van der Waals surface area contributed by atoms with Crippen LogP contribution in [0.15, 0.2) is 30.3 Å². The number of ether oxygens (including phenoxy) is 1. The largest absolute Gasteiger partial charge is 0.373 e. The highest BCUT2D eigenvalue weighted by Gasteiger charge is 2.44. The molecule has 2 atom stereocenters. The van der Waals surface area contributed by atoms with Gasteiger partial charge in [0.1, 0.15) is 11.0 Å². The Kier molecular flexibility index (Phi) is 6.79. The number of aromatic nitrogens is 1. The Hall–Kier alpha value is -3.87. The van der Waals surface area contributed by atoms with Gasteiger partial charge in [0, 0.05) is 29.3 Å². The number of fused-ring (bicyclic) bond motifs is 2. The van der Waals surface area contributed by atoms with Crippen molar-refractivity contribution < 1.29 is 28.7 Å². The SMILES string of the molecule is CC(C)(NC(=O)Nc1ccc2c(c1)C(=O)N(C1CCC(=O)NC1=O)C2=O)c1nc2c([C@H]3CCCO3)cc(Cl)cc2s1. The summed E-state index contributed by atoms with van der Waals surface area (Å²) < 4.78 is 6.77. The fraction of sp³-hybridized carbons (Fsp3) is 0.357. The van der Waals surface area contributed by atoms with Gasteiger partial charge in [0.25, 0.3) is 11.8 Å². The molecule has 0 saturated carbocycles. The third kappa shape index (κ3) is 4.96. The minimum absolute atomic E-state index is 0.0317. The molecule has 0 aliphatic carbocycles. The first kappa shape index (κ1) is 27.3. The Labute approximate surface area is 243 Å². The molecule has 6 rings (SSSR count). The molecule has 3 aliphatic rings. The van der Waals surface area contributed by atoms with Gasteiger partial charge in [-0.1, -0.05) is 11.6 Å². The fourth-order valence-electron chi connectivity index (χ4n) is 5.40. The molecule has 11 nitrogen and oxygen atoms in total. The molecule has 1 aromatic heterocycles. The molecule has 0 bridgehead atoms. The molecular formula is C28H26ClN5O6S. The number of thiazole rings is 1. The normalized spacial score (nSPS) is 20.9. The van der Waals surface area contributed by atoms with Crippen molar-refractivity contribution in [3.05, 3.63) is 57.1 Å². The third-order valence-corrected chi connectivity index (χ3v) is 8.97. The quantitative estimate of drug-likeness (QED) is 0.373. The molecule has 1 unspecified atom stereocenters. The Bertz CT molecular complexity index is 1650. The van der Waals surface area contributed by atoms with Crippen molar-refractivity contribution in [1.29, 1.82) is 0 Å². The number of hydrogen-bond acceptors (Lipinski definition) is 8. The number of rotatable bonds is 5. The van der Waals surface area contributed by atoms with Gasteiger partial charge in [-0.25, -0.2) is 9.78 Å². The van der Waals surface area contributed by atoms with Crippen LogP contribution >= 0.6 is 22.9 Å². The van der Waals surface area contributed by atoms with E-state index in [1.54, 1.807) is 0 Å². The number of carbonyl (C=O) groups is 5. The third-order valence-electron chi connectivity index (χ3n) is 7.42. The van der Waals surface area contributed by atoms with Crippen LogP contribution in [-0.4, -0.2) is 52.2 Å². The minimum atomic E-state index is -1.06. The van der Waals surface area contributed by atoms with Gasteiger partial charge in [0.05, 0.1) is 33.0 Å². The number of anilines is 1. The Morgan fingerprint density at radius 1 is 1.12 bits per heavy atom. The molecule has 2 aromatic carbocycles. The first-order valence-corrected chi connectivity index (χ1v) is 14.4. The Morgan fingerprint density at radius 2 is 1.90 bits per heavy atom. The van der Waals surface area contributed by atoms with Crippen LogP contribution in [0.3, 0.4) is 0 Å².